The molecule has 2 aromatic rings. The van der Waals surface area contributed by atoms with E-state index in [2.05, 4.69) is 57.0 Å². The van der Waals surface area contributed by atoms with Gasteiger partial charge in [0.2, 0.25) is 0 Å². The predicted octanol–water partition coefficient (Wildman–Crippen LogP) is 2.40. The minimum atomic E-state index is 0.354. The Morgan fingerprint density at radius 3 is 2.42 bits per heavy atom. The molecule has 0 amide bonds. The van der Waals surface area contributed by atoms with Gasteiger partial charge in [-0.25, -0.2) is 0 Å². The molecule has 4 rings (SSSR count). The summed E-state index contributed by atoms with van der Waals surface area (Å²) in [5.74, 6) is 3.42. The minimum Gasteiger partial charge on any atom is -0.328 e. The van der Waals surface area contributed by atoms with Crippen LogP contribution in [0.3, 0.4) is 0 Å². The Kier molecular flexibility index (Phi) is 4.37. The number of nitrogens with two attached hydrogens (primary N) is 1. The molecule has 0 unspecified atom stereocenters. The summed E-state index contributed by atoms with van der Waals surface area (Å²) in [6.07, 6.45) is 4.56. The molecule has 2 aliphatic rings. The highest BCUT2D eigenvalue weighted by atomic mass is 15.3. The molecule has 5 heteroatoms. The summed E-state index contributed by atoms with van der Waals surface area (Å²) in [7, 11) is 2.10. The summed E-state index contributed by atoms with van der Waals surface area (Å²) >= 11 is 0. The standard InChI is InChI=1S/C19H27N5/c1-23-18(21-22-19(23)16-11-17(20)12-16)13-24-9-7-15(8-10-24)14-5-3-2-4-6-14/h2-6,15-17H,7-13,20H2,1H3. The first-order valence-corrected chi connectivity index (χ1v) is 9.11. The highest BCUT2D eigenvalue weighted by molar-refractivity contribution is 5.20. The van der Waals surface area contributed by atoms with Crippen LogP contribution in [0.15, 0.2) is 30.3 Å². The maximum Gasteiger partial charge on any atom is 0.146 e. The molecule has 0 spiro atoms. The van der Waals surface area contributed by atoms with Crippen LogP contribution in [0.2, 0.25) is 0 Å². The van der Waals surface area contributed by atoms with Gasteiger partial charge in [-0.05, 0) is 50.3 Å². The van der Waals surface area contributed by atoms with Crippen LogP contribution in [0.5, 0.6) is 0 Å². The molecule has 1 aliphatic carbocycles. The van der Waals surface area contributed by atoms with E-state index in [4.69, 9.17) is 5.73 Å². The second-order valence-electron chi connectivity index (χ2n) is 7.42. The van der Waals surface area contributed by atoms with Crippen molar-refractivity contribution in [3.8, 4) is 0 Å². The number of benzene rings is 1. The van der Waals surface area contributed by atoms with E-state index < -0.39 is 0 Å². The lowest BCUT2D eigenvalue weighted by molar-refractivity contribution is 0.198. The highest BCUT2D eigenvalue weighted by Gasteiger charge is 2.32. The van der Waals surface area contributed by atoms with Crippen molar-refractivity contribution < 1.29 is 0 Å². The van der Waals surface area contributed by atoms with E-state index in [1.807, 2.05) is 0 Å². The summed E-state index contributed by atoms with van der Waals surface area (Å²) < 4.78 is 2.19. The molecule has 1 aromatic heterocycles. The molecule has 2 heterocycles. The molecule has 24 heavy (non-hydrogen) atoms. The molecule has 1 aromatic carbocycles. The van der Waals surface area contributed by atoms with Crippen LogP contribution < -0.4 is 5.73 Å². The smallest absolute Gasteiger partial charge is 0.146 e. The largest absolute Gasteiger partial charge is 0.328 e. The van der Waals surface area contributed by atoms with E-state index in [0.29, 0.717) is 17.9 Å². The number of rotatable bonds is 4. The number of aromatic nitrogens is 3. The second-order valence-corrected chi connectivity index (χ2v) is 7.42. The second kappa shape index (κ2) is 6.65. The summed E-state index contributed by atoms with van der Waals surface area (Å²) in [6.45, 7) is 3.18. The van der Waals surface area contributed by atoms with Gasteiger partial charge in [-0.3, -0.25) is 4.90 Å². The molecular formula is C19H27N5. The quantitative estimate of drug-likeness (QED) is 0.938. The Balaban J connectivity index is 1.34. The van der Waals surface area contributed by atoms with Gasteiger partial charge in [0.15, 0.2) is 0 Å². The Hall–Kier alpha value is -1.72. The third-order valence-electron chi connectivity index (χ3n) is 5.76. The topological polar surface area (TPSA) is 60.0 Å². The molecule has 0 atom stereocenters. The average molecular weight is 325 g/mol. The van der Waals surface area contributed by atoms with Crippen molar-refractivity contribution in [3.63, 3.8) is 0 Å². The fraction of sp³-hybridized carbons (Fsp3) is 0.579. The van der Waals surface area contributed by atoms with Crippen molar-refractivity contribution in [1.82, 2.24) is 19.7 Å². The molecule has 1 saturated carbocycles. The first-order valence-electron chi connectivity index (χ1n) is 9.11. The number of hydrogen-bond donors (Lipinski definition) is 1. The monoisotopic (exact) mass is 325 g/mol. The molecule has 2 N–H and O–H groups in total. The van der Waals surface area contributed by atoms with Crippen molar-refractivity contribution in [2.75, 3.05) is 13.1 Å². The van der Waals surface area contributed by atoms with E-state index in [1.54, 1.807) is 0 Å². The number of hydrogen-bond acceptors (Lipinski definition) is 4. The number of likely N-dealkylation sites (tertiary alicyclic amines) is 1. The normalized spacial score (nSPS) is 25.6. The van der Waals surface area contributed by atoms with Crippen LogP contribution in [0.1, 0.15) is 54.7 Å². The van der Waals surface area contributed by atoms with Crippen LogP contribution in [-0.2, 0) is 13.6 Å². The summed E-state index contributed by atoms with van der Waals surface area (Å²) in [4.78, 5) is 2.51. The van der Waals surface area contributed by atoms with Crippen molar-refractivity contribution >= 4 is 0 Å². The molecule has 2 fully saturated rings. The molecule has 5 nitrogen and oxygen atoms in total. The fourth-order valence-corrected chi connectivity index (χ4v) is 4.09. The SMILES string of the molecule is Cn1c(CN2CCC(c3ccccc3)CC2)nnc1C1CC(N)C1. The van der Waals surface area contributed by atoms with Crippen LogP contribution in [0, 0.1) is 0 Å². The first kappa shape index (κ1) is 15.8. The highest BCUT2D eigenvalue weighted by Crippen LogP contribution is 2.34. The minimum absolute atomic E-state index is 0.354. The van der Waals surface area contributed by atoms with Gasteiger partial charge in [-0.15, -0.1) is 10.2 Å². The van der Waals surface area contributed by atoms with Gasteiger partial charge < -0.3 is 10.3 Å². The molecule has 1 saturated heterocycles. The molecule has 128 valence electrons. The van der Waals surface area contributed by atoms with Gasteiger partial charge in [-0.2, -0.15) is 0 Å². The first-order chi connectivity index (χ1) is 11.7. The van der Waals surface area contributed by atoms with Crippen molar-refractivity contribution in [3.05, 3.63) is 47.5 Å². The maximum atomic E-state index is 5.91. The van der Waals surface area contributed by atoms with Crippen molar-refractivity contribution in [1.29, 1.82) is 0 Å². The van der Waals surface area contributed by atoms with Crippen LogP contribution in [0.4, 0.5) is 0 Å². The van der Waals surface area contributed by atoms with E-state index in [-0.39, 0.29) is 0 Å². The van der Waals surface area contributed by atoms with Gasteiger partial charge in [0.05, 0.1) is 6.54 Å². The van der Waals surface area contributed by atoms with Gasteiger partial charge in [0.1, 0.15) is 11.6 Å². The van der Waals surface area contributed by atoms with Gasteiger partial charge in [0, 0.05) is 19.0 Å². The summed E-state index contributed by atoms with van der Waals surface area (Å²) in [5, 5.41) is 8.88. The number of nitrogens with zero attached hydrogens (tertiary/aromatic N) is 4. The Morgan fingerprint density at radius 1 is 1.04 bits per heavy atom. The van der Waals surface area contributed by atoms with E-state index in [0.717, 1.165) is 44.1 Å². The van der Waals surface area contributed by atoms with E-state index >= 15 is 0 Å². The molecule has 1 aliphatic heterocycles. The Morgan fingerprint density at radius 2 is 1.75 bits per heavy atom. The van der Waals surface area contributed by atoms with Crippen LogP contribution in [0.25, 0.3) is 0 Å². The summed E-state index contributed by atoms with van der Waals surface area (Å²) in [6, 6.07) is 11.3. The van der Waals surface area contributed by atoms with Gasteiger partial charge >= 0.3 is 0 Å². The lowest BCUT2D eigenvalue weighted by Crippen LogP contribution is -2.36. The molecular weight excluding hydrogens is 298 g/mol. The predicted molar refractivity (Wildman–Crippen MR) is 94.6 cm³/mol. The zero-order valence-corrected chi connectivity index (χ0v) is 14.4. The Labute approximate surface area is 143 Å². The van der Waals surface area contributed by atoms with Crippen molar-refractivity contribution in [2.45, 2.75) is 50.1 Å². The zero-order valence-electron chi connectivity index (χ0n) is 14.4. The number of piperidine rings is 1. The van der Waals surface area contributed by atoms with Gasteiger partial charge in [-0.1, -0.05) is 30.3 Å². The van der Waals surface area contributed by atoms with Gasteiger partial charge in [0.25, 0.3) is 0 Å². The molecule has 0 bridgehead atoms. The summed E-state index contributed by atoms with van der Waals surface area (Å²) in [5.41, 5.74) is 7.39. The lowest BCUT2D eigenvalue weighted by atomic mass is 9.80. The van der Waals surface area contributed by atoms with E-state index in [1.165, 1.54) is 18.4 Å². The Bertz CT molecular complexity index is 666. The third kappa shape index (κ3) is 3.10. The average Bonchev–Trinajstić information content (AvgIpc) is 2.94. The van der Waals surface area contributed by atoms with E-state index in [9.17, 15) is 0 Å². The maximum absolute atomic E-state index is 5.91. The fourth-order valence-electron chi connectivity index (χ4n) is 4.09. The molecule has 0 radical (unpaired) electrons. The van der Waals surface area contributed by atoms with Crippen molar-refractivity contribution in [2.24, 2.45) is 12.8 Å². The zero-order chi connectivity index (χ0) is 16.5. The van der Waals surface area contributed by atoms with Crippen LogP contribution >= 0.6 is 0 Å². The third-order valence-corrected chi connectivity index (χ3v) is 5.76. The lowest BCUT2D eigenvalue weighted by Gasteiger charge is -2.32. The van der Waals surface area contributed by atoms with Crippen LogP contribution in [-0.4, -0.2) is 38.8 Å².